The van der Waals surface area contributed by atoms with Gasteiger partial charge in [0, 0.05) is 49.1 Å². The van der Waals surface area contributed by atoms with E-state index in [1.807, 2.05) is 0 Å². The van der Waals surface area contributed by atoms with Crippen LogP contribution in [-0.4, -0.2) is 184 Å². The molecular weight excluding hydrogens is 1030 g/mol. The summed E-state index contributed by atoms with van der Waals surface area (Å²) in [5.41, 5.74) is 5.82. The molecule has 1 aromatic carbocycles. The number of H-pyrrole nitrogens is 1. The van der Waals surface area contributed by atoms with Crippen LogP contribution in [0.1, 0.15) is 92.1 Å². The van der Waals surface area contributed by atoms with Crippen LogP contribution in [-0.2, 0) is 54.3 Å². The fraction of sp³-hybridized carbons (Fsp3) is 0.640. The van der Waals surface area contributed by atoms with Crippen molar-refractivity contribution in [3.8, 4) is 5.75 Å². The molecule has 0 spiro atoms. The van der Waals surface area contributed by atoms with Crippen LogP contribution in [0.5, 0.6) is 5.75 Å². The Morgan fingerprint density at radius 2 is 1.55 bits per heavy atom. The predicted octanol–water partition coefficient (Wildman–Crippen LogP) is -2.18. The van der Waals surface area contributed by atoms with Crippen LogP contribution in [0, 0.1) is 11.8 Å². The van der Waals surface area contributed by atoms with Crippen molar-refractivity contribution in [2.75, 3.05) is 45.1 Å². The molecule has 3 unspecified atom stereocenters. The predicted molar refractivity (Wildman–Crippen MR) is 278 cm³/mol. The third kappa shape index (κ3) is 17.7. The number of thioether (sulfide) groups is 1. The van der Waals surface area contributed by atoms with Gasteiger partial charge in [-0.25, -0.2) is 4.79 Å². The first-order valence-electron chi connectivity index (χ1n) is 25.9. The van der Waals surface area contributed by atoms with E-state index in [1.54, 1.807) is 52.8 Å². The second kappa shape index (κ2) is 28.1. The lowest BCUT2D eigenvalue weighted by Crippen LogP contribution is -2.62. The van der Waals surface area contributed by atoms with Crippen LogP contribution >= 0.6 is 11.8 Å². The smallest absolute Gasteiger partial charge is 0.407 e. The third-order valence-corrected chi connectivity index (χ3v) is 14.5. The second-order valence-electron chi connectivity index (χ2n) is 20.6. The zero-order valence-electron chi connectivity index (χ0n) is 44.3. The highest BCUT2D eigenvalue weighted by Gasteiger charge is 2.45. The summed E-state index contributed by atoms with van der Waals surface area (Å²) in [6.07, 6.45) is -1.53. The van der Waals surface area contributed by atoms with E-state index in [9.17, 15) is 63.3 Å². The van der Waals surface area contributed by atoms with Crippen molar-refractivity contribution in [3.63, 3.8) is 0 Å². The third-order valence-electron chi connectivity index (χ3n) is 13.4. The fourth-order valence-corrected chi connectivity index (χ4v) is 10.0. The quantitative estimate of drug-likeness (QED) is 0.0844. The monoisotopic (exact) mass is 1100 g/mol. The van der Waals surface area contributed by atoms with Crippen molar-refractivity contribution in [3.05, 3.63) is 23.8 Å². The lowest BCUT2D eigenvalue weighted by atomic mass is 9.93. The van der Waals surface area contributed by atoms with Crippen molar-refractivity contribution in [2.45, 2.75) is 152 Å². The van der Waals surface area contributed by atoms with Gasteiger partial charge in [0.05, 0.1) is 55.5 Å². The van der Waals surface area contributed by atoms with Crippen LogP contribution in [0.15, 0.2) is 23.2 Å². The maximum Gasteiger partial charge on any atom is 0.407 e. The molecule has 3 aliphatic rings. The number of aliphatic hydroxyl groups is 3. The molecule has 10 amide bonds. The molecule has 77 heavy (non-hydrogen) atoms. The van der Waals surface area contributed by atoms with Gasteiger partial charge in [-0.2, -0.15) is 0 Å². The molecule has 2 bridgehead atoms. The zero-order chi connectivity index (χ0) is 56.7. The van der Waals surface area contributed by atoms with E-state index in [0.717, 1.165) is 35.9 Å². The van der Waals surface area contributed by atoms with Crippen LogP contribution in [0.3, 0.4) is 0 Å². The van der Waals surface area contributed by atoms with Gasteiger partial charge < -0.3 is 82.9 Å². The molecule has 3 aliphatic heterocycles. The number of rotatable bonds is 15. The highest BCUT2D eigenvalue weighted by atomic mass is 32.2. The number of aromatic nitrogens is 1. The van der Waals surface area contributed by atoms with Crippen molar-refractivity contribution < 1.29 is 72.7 Å². The molecule has 26 nitrogen and oxygen atoms in total. The standard InChI is InChI=1S/C50H75N11O15S/c1-7-25(2)40-45(71)54-20-38(66)55-34-24-77-47-30(29-13-12-28(17-31(29)58-47)75-15-11-9-8-10-14-52-49(74)76-50(4,5)6)18-32(42(68)53-21-39(67)59-40)56-46(72)41(26(3)36(64)23-62)60-44(70)35-16-27(63)22-61(35)48(73)33(19-37(51)65)57-43(34)69/h12-13,17,25-27,32-36,40-41,58,62-64H,7-11,14-16,18-24H2,1-6H3,(H2,51,65)(H,52,74)(H,53,68)(H,54,71)(H,55,66)(H,56,72)(H,57,69)(H,59,67)(H,60,70)/t25-,26-,27?,32?,33-,34?,35-,36-,40-,41-/m0/s1. The molecule has 2 aromatic rings. The van der Waals surface area contributed by atoms with E-state index < -0.39 is 158 Å². The van der Waals surface area contributed by atoms with Gasteiger partial charge in [-0.15, -0.1) is 11.8 Å². The Balaban J connectivity index is 1.59. The van der Waals surface area contributed by atoms with E-state index >= 15 is 0 Å². The Morgan fingerprint density at radius 3 is 2.22 bits per heavy atom. The zero-order valence-corrected chi connectivity index (χ0v) is 45.1. The lowest BCUT2D eigenvalue weighted by molar-refractivity contribution is -0.144. The number of hydrogen-bond donors (Lipinski definition) is 13. The number of fused-ring (bicyclic) bond motifs is 5. The Kier molecular flexibility index (Phi) is 22.3. The summed E-state index contributed by atoms with van der Waals surface area (Å²) >= 11 is 0.991. The number of nitrogens with two attached hydrogens (primary N) is 1. The van der Waals surface area contributed by atoms with Gasteiger partial charge in [0.15, 0.2) is 0 Å². The van der Waals surface area contributed by atoms with Gasteiger partial charge >= 0.3 is 6.09 Å². The highest BCUT2D eigenvalue weighted by Crippen LogP contribution is 2.34. The molecule has 10 atom stereocenters. The van der Waals surface area contributed by atoms with E-state index in [-0.39, 0.29) is 18.6 Å². The van der Waals surface area contributed by atoms with Crippen LogP contribution < -0.4 is 53.0 Å². The van der Waals surface area contributed by atoms with Gasteiger partial charge in [-0.05, 0) is 57.2 Å². The summed E-state index contributed by atoms with van der Waals surface area (Å²) in [6.45, 7) is 8.21. The Hall–Kier alpha value is -6.71. The van der Waals surface area contributed by atoms with E-state index in [2.05, 4.69) is 47.5 Å². The van der Waals surface area contributed by atoms with Crippen molar-refractivity contribution in [1.82, 2.24) is 52.4 Å². The van der Waals surface area contributed by atoms with Gasteiger partial charge in [-0.1, -0.05) is 40.0 Å². The maximum absolute atomic E-state index is 14.7. The molecule has 1 saturated heterocycles. The number of ether oxygens (including phenoxy) is 2. The highest BCUT2D eigenvalue weighted by molar-refractivity contribution is 7.99. The number of unbranched alkanes of at least 4 members (excludes halogenated alkanes) is 3. The average molecular weight is 1100 g/mol. The molecule has 4 heterocycles. The number of aliphatic hydroxyl groups excluding tert-OH is 3. The number of amides is 10. The van der Waals surface area contributed by atoms with E-state index in [0.29, 0.717) is 53.2 Å². The van der Waals surface area contributed by atoms with Crippen molar-refractivity contribution >= 4 is 81.9 Å². The summed E-state index contributed by atoms with van der Waals surface area (Å²) in [5, 5.41) is 53.1. The SMILES string of the molecule is CC[C@H](C)[C@@H]1NC(=O)CNC(=O)C2Cc3c([nH]c4cc(OCCCCCCNC(=O)OC(C)(C)C)ccc34)SCC(NC(=O)CNC1=O)C(=O)N[C@@H](CC(N)=O)C(=O)N1CC(O)C[C@H]1C(=O)N[C@@H]([C@@H](C)[C@@H](O)CO)C(=O)N2. The Morgan fingerprint density at radius 1 is 0.857 bits per heavy atom. The first kappa shape index (κ1) is 61.1. The second-order valence-corrected chi connectivity index (χ2v) is 21.6. The first-order chi connectivity index (χ1) is 36.4. The molecule has 1 aromatic heterocycles. The molecule has 0 aliphatic carbocycles. The largest absolute Gasteiger partial charge is 0.494 e. The number of aromatic amines is 1. The van der Waals surface area contributed by atoms with Crippen LogP contribution in [0.2, 0.25) is 0 Å². The topological polar surface area (TPSA) is 391 Å². The van der Waals surface area contributed by atoms with E-state index in [4.69, 9.17) is 15.2 Å². The molecule has 0 saturated carbocycles. The average Bonchev–Trinajstić information content (AvgIpc) is 3.93. The Labute approximate surface area is 449 Å². The number of primary amides is 1. The fourth-order valence-electron chi connectivity index (χ4n) is 8.92. The number of benzene rings is 1. The minimum atomic E-state index is -1.76. The molecule has 27 heteroatoms. The van der Waals surface area contributed by atoms with Gasteiger partial charge in [0.2, 0.25) is 53.2 Å². The molecule has 0 radical (unpaired) electrons. The normalized spacial score (nSPS) is 24.8. The Bertz CT molecular complexity index is 2490. The maximum atomic E-state index is 14.7. The van der Waals surface area contributed by atoms with Crippen LogP contribution in [0.25, 0.3) is 10.9 Å². The lowest BCUT2D eigenvalue weighted by Gasteiger charge is -2.32. The summed E-state index contributed by atoms with van der Waals surface area (Å²) < 4.78 is 11.4. The van der Waals surface area contributed by atoms with Gasteiger partial charge in [-0.3, -0.25) is 43.2 Å². The summed E-state index contributed by atoms with van der Waals surface area (Å²) in [4.78, 5) is 142. The van der Waals surface area contributed by atoms with Gasteiger partial charge in [0.25, 0.3) is 0 Å². The molecule has 426 valence electrons. The number of carbonyl (C=O) groups excluding carboxylic acids is 10. The number of carbonyl (C=O) groups is 10. The molecule has 1 fully saturated rings. The minimum Gasteiger partial charge on any atom is -0.494 e. The number of nitrogens with zero attached hydrogens (tertiary/aromatic N) is 1. The van der Waals surface area contributed by atoms with E-state index in [1.165, 1.54) is 6.92 Å². The van der Waals surface area contributed by atoms with Gasteiger partial charge in [0.1, 0.15) is 47.6 Å². The van der Waals surface area contributed by atoms with Crippen LogP contribution in [0.4, 0.5) is 4.79 Å². The van der Waals surface area contributed by atoms with Crippen molar-refractivity contribution in [1.29, 1.82) is 0 Å². The number of nitrogens with one attached hydrogen (secondary N) is 9. The molecule has 5 rings (SSSR count). The summed E-state index contributed by atoms with van der Waals surface area (Å²) in [6, 6.07) is -4.24. The minimum absolute atomic E-state index is 0.305. The summed E-state index contributed by atoms with van der Waals surface area (Å²) in [5.74, 6) is -10.1. The molecular formula is C50H75N11O15S. The first-order valence-corrected chi connectivity index (χ1v) is 26.9. The van der Waals surface area contributed by atoms with Crippen molar-refractivity contribution in [2.24, 2.45) is 17.6 Å². The summed E-state index contributed by atoms with van der Waals surface area (Å²) in [7, 11) is 0. The number of alkyl carbamates (subject to hydrolysis) is 1. The number of hydrogen-bond acceptors (Lipinski definition) is 16. The molecule has 14 N–H and O–H groups in total.